The summed E-state index contributed by atoms with van der Waals surface area (Å²) in [6.07, 6.45) is 2.89. The molecule has 1 saturated heterocycles. The monoisotopic (exact) mass is 416 g/mol. The Morgan fingerprint density at radius 2 is 2.23 bits per heavy atom. The summed E-state index contributed by atoms with van der Waals surface area (Å²) < 4.78 is 34.4. The molecule has 2 aliphatic carbocycles. The Bertz CT molecular complexity index is 976. The molecule has 0 radical (unpaired) electrons. The van der Waals surface area contributed by atoms with Gasteiger partial charge in [0.15, 0.2) is 11.5 Å². The average molecular weight is 416 g/mol. The molecule has 5 rings (SSSR count). The number of nitrogens with zero attached hydrogens (tertiary/aromatic N) is 3. The number of amides is 1. The molecular weight excluding hydrogens is 390 g/mol. The summed E-state index contributed by atoms with van der Waals surface area (Å²) in [5, 5.41) is 7.52. The van der Waals surface area contributed by atoms with Gasteiger partial charge >= 0.3 is 0 Å². The lowest BCUT2D eigenvalue weighted by atomic mass is 10.1. The third-order valence-electron chi connectivity index (χ3n) is 6.65. The maximum atomic E-state index is 14.4. The number of carbonyl (C=O) groups excluding carboxylic acids is 1. The molecule has 1 aromatic carbocycles. The third-order valence-corrected chi connectivity index (χ3v) is 6.65. The van der Waals surface area contributed by atoms with Crippen molar-refractivity contribution in [3.8, 4) is 5.69 Å². The first-order valence-electron chi connectivity index (χ1n) is 10.6. The Morgan fingerprint density at radius 3 is 3.03 bits per heavy atom. The highest BCUT2D eigenvalue weighted by molar-refractivity contribution is 5.94. The maximum absolute atomic E-state index is 14.4. The molecule has 1 unspecified atom stereocenters. The smallest absolute Gasteiger partial charge is 0.272 e. The van der Waals surface area contributed by atoms with Gasteiger partial charge in [0.25, 0.3) is 5.91 Å². The molecule has 1 saturated carbocycles. The molecule has 1 N–H and O–H groups in total. The number of fused-ring (bicyclic) bond motifs is 3. The van der Waals surface area contributed by atoms with Crippen LogP contribution >= 0.6 is 0 Å². The van der Waals surface area contributed by atoms with Gasteiger partial charge in [-0.1, -0.05) is 0 Å². The minimum Gasteiger partial charge on any atom is -0.383 e. The van der Waals surface area contributed by atoms with Gasteiger partial charge in [-0.15, -0.1) is 0 Å². The molecule has 0 bridgehead atoms. The number of hydrogen-bond acceptors (Lipinski definition) is 4. The summed E-state index contributed by atoms with van der Waals surface area (Å²) >= 11 is 0. The zero-order valence-electron chi connectivity index (χ0n) is 17.0. The fraction of sp³-hybridized carbons (Fsp3) is 0.545. The van der Waals surface area contributed by atoms with Crippen molar-refractivity contribution < 1.29 is 18.3 Å². The Labute approximate surface area is 174 Å². The first-order valence-corrected chi connectivity index (χ1v) is 10.6. The Morgan fingerprint density at radius 1 is 1.37 bits per heavy atom. The highest BCUT2D eigenvalue weighted by atomic mass is 19.1. The van der Waals surface area contributed by atoms with Crippen LogP contribution in [0.1, 0.15) is 40.5 Å². The van der Waals surface area contributed by atoms with Crippen molar-refractivity contribution in [1.29, 1.82) is 0 Å². The number of halogens is 2. The van der Waals surface area contributed by atoms with Crippen molar-refractivity contribution in [2.45, 2.75) is 25.2 Å². The third kappa shape index (κ3) is 3.52. The number of likely N-dealkylation sites (tertiary alicyclic amines) is 1. The fourth-order valence-corrected chi connectivity index (χ4v) is 4.96. The maximum Gasteiger partial charge on any atom is 0.272 e. The summed E-state index contributed by atoms with van der Waals surface area (Å²) in [4.78, 5) is 15.3. The van der Waals surface area contributed by atoms with E-state index in [1.165, 1.54) is 16.8 Å². The molecule has 0 spiro atoms. The highest BCUT2D eigenvalue weighted by Crippen LogP contribution is 2.57. The van der Waals surface area contributed by atoms with Crippen LogP contribution in [0.25, 0.3) is 5.69 Å². The lowest BCUT2D eigenvalue weighted by molar-refractivity contribution is 0.0940. The van der Waals surface area contributed by atoms with Gasteiger partial charge in [0.05, 0.1) is 12.3 Å². The van der Waals surface area contributed by atoms with Gasteiger partial charge in [-0.3, -0.25) is 4.79 Å². The van der Waals surface area contributed by atoms with Crippen LogP contribution in [-0.4, -0.2) is 60.5 Å². The second-order valence-electron chi connectivity index (χ2n) is 8.68. The van der Waals surface area contributed by atoms with E-state index < -0.39 is 11.6 Å². The topological polar surface area (TPSA) is 59.4 Å². The molecular formula is C22H26F2N4O2. The number of aromatic nitrogens is 2. The van der Waals surface area contributed by atoms with Crippen LogP contribution in [0.4, 0.5) is 8.78 Å². The average Bonchev–Trinajstić information content (AvgIpc) is 3.07. The minimum absolute atomic E-state index is 0.198. The lowest BCUT2D eigenvalue weighted by Gasteiger charge is -2.15. The molecule has 3 aliphatic rings. The van der Waals surface area contributed by atoms with Gasteiger partial charge in [-0.05, 0) is 49.8 Å². The van der Waals surface area contributed by atoms with Crippen LogP contribution < -0.4 is 5.32 Å². The summed E-state index contributed by atoms with van der Waals surface area (Å²) in [6, 6.07) is 3.47. The zero-order valence-corrected chi connectivity index (χ0v) is 17.0. The van der Waals surface area contributed by atoms with Crippen molar-refractivity contribution in [3.05, 3.63) is 46.8 Å². The molecule has 8 heteroatoms. The van der Waals surface area contributed by atoms with Crippen molar-refractivity contribution in [2.75, 3.05) is 39.9 Å². The van der Waals surface area contributed by atoms with E-state index in [1.807, 2.05) is 0 Å². The van der Waals surface area contributed by atoms with E-state index in [0.717, 1.165) is 56.2 Å². The SMILES string of the molecule is COCCN1CCC(CNC(=O)c2nn(-c3ccc(F)cc3F)c3c2C[C@H]2C[C@@H]32)C1. The van der Waals surface area contributed by atoms with E-state index >= 15 is 0 Å². The molecule has 6 nitrogen and oxygen atoms in total. The number of ether oxygens (including phenoxy) is 1. The van der Waals surface area contributed by atoms with E-state index in [4.69, 9.17) is 4.74 Å². The number of nitrogens with one attached hydrogen (secondary N) is 1. The zero-order chi connectivity index (χ0) is 20.8. The molecule has 2 heterocycles. The highest BCUT2D eigenvalue weighted by Gasteiger charge is 2.50. The van der Waals surface area contributed by atoms with Crippen LogP contribution in [0, 0.1) is 23.5 Å². The van der Waals surface area contributed by atoms with Crippen molar-refractivity contribution >= 4 is 5.91 Å². The number of hydrogen-bond donors (Lipinski definition) is 1. The molecule has 3 atom stereocenters. The van der Waals surface area contributed by atoms with Gasteiger partial charge < -0.3 is 15.0 Å². The van der Waals surface area contributed by atoms with E-state index in [1.54, 1.807) is 7.11 Å². The van der Waals surface area contributed by atoms with Crippen LogP contribution in [0.3, 0.4) is 0 Å². The molecule has 2 aromatic rings. The number of carbonyl (C=O) groups is 1. The molecule has 1 aromatic heterocycles. The van der Waals surface area contributed by atoms with Gasteiger partial charge in [-0.2, -0.15) is 5.10 Å². The molecule has 160 valence electrons. The molecule has 1 aliphatic heterocycles. The summed E-state index contributed by atoms with van der Waals surface area (Å²) in [6.45, 7) is 4.18. The summed E-state index contributed by atoms with van der Waals surface area (Å²) in [7, 11) is 1.70. The van der Waals surface area contributed by atoms with Crippen molar-refractivity contribution in [3.63, 3.8) is 0 Å². The van der Waals surface area contributed by atoms with Crippen LogP contribution in [0.5, 0.6) is 0 Å². The Balaban J connectivity index is 1.32. The van der Waals surface area contributed by atoms with E-state index in [2.05, 4.69) is 15.3 Å². The lowest BCUT2D eigenvalue weighted by Crippen LogP contribution is -2.32. The van der Waals surface area contributed by atoms with Crippen LogP contribution in [0.2, 0.25) is 0 Å². The van der Waals surface area contributed by atoms with E-state index in [0.29, 0.717) is 36.6 Å². The minimum atomic E-state index is -0.668. The largest absolute Gasteiger partial charge is 0.383 e. The quantitative estimate of drug-likeness (QED) is 0.754. The molecule has 30 heavy (non-hydrogen) atoms. The molecule has 1 amide bonds. The van der Waals surface area contributed by atoms with Gasteiger partial charge in [0.2, 0.25) is 0 Å². The number of methoxy groups -OCH3 is 1. The first kappa shape index (κ1) is 19.6. The number of rotatable bonds is 7. The second kappa shape index (κ2) is 7.74. The molecule has 2 fully saturated rings. The van der Waals surface area contributed by atoms with Crippen molar-refractivity contribution in [2.24, 2.45) is 11.8 Å². The second-order valence-corrected chi connectivity index (χ2v) is 8.68. The van der Waals surface area contributed by atoms with Gasteiger partial charge in [0, 0.05) is 44.3 Å². The van der Waals surface area contributed by atoms with Crippen LogP contribution in [0.15, 0.2) is 18.2 Å². The van der Waals surface area contributed by atoms with Crippen LogP contribution in [-0.2, 0) is 11.2 Å². The Hall–Kier alpha value is -2.32. The standard InChI is InChI=1S/C22H26F2N4O2/c1-30-7-6-27-5-4-13(12-27)11-25-22(29)20-17-9-14-8-16(14)21(17)28(26-20)19-3-2-15(23)10-18(19)24/h2-3,10,13-14,16H,4-9,11-12H2,1H3,(H,25,29)/t13?,14-,16-/m1/s1. The van der Waals surface area contributed by atoms with E-state index in [9.17, 15) is 13.6 Å². The summed E-state index contributed by atoms with van der Waals surface area (Å²) in [5.74, 6) is -0.254. The predicted octanol–water partition coefficient (Wildman–Crippen LogP) is 2.51. The normalized spacial score (nSPS) is 24.7. The van der Waals surface area contributed by atoms with Crippen molar-refractivity contribution in [1.82, 2.24) is 20.0 Å². The van der Waals surface area contributed by atoms with Gasteiger partial charge in [-0.25, -0.2) is 13.5 Å². The fourth-order valence-electron chi connectivity index (χ4n) is 4.96. The first-order chi connectivity index (χ1) is 14.5. The Kier molecular flexibility index (Phi) is 5.06. The predicted molar refractivity (Wildman–Crippen MR) is 107 cm³/mol. The number of benzene rings is 1. The van der Waals surface area contributed by atoms with E-state index in [-0.39, 0.29) is 11.6 Å². The van der Waals surface area contributed by atoms with Gasteiger partial charge in [0.1, 0.15) is 11.5 Å². The summed E-state index contributed by atoms with van der Waals surface area (Å²) in [5.41, 5.74) is 2.42.